The molecule has 3 nitrogen and oxygen atoms in total. The van der Waals surface area contributed by atoms with Gasteiger partial charge >= 0.3 is 0 Å². The summed E-state index contributed by atoms with van der Waals surface area (Å²) in [4.78, 5) is 0. The van der Waals surface area contributed by atoms with Gasteiger partial charge in [0.05, 0.1) is 16.1 Å². The van der Waals surface area contributed by atoms with Gasteiger partial charge in [0, 0.05) is 6.54 Å². The monoisotopic (exact) mass is 407 g/mol. The lowest BCUT2D eigenvalue weighted by Crippen LogP contribution is -2.22. The maximum absolute atomic E-state index is 5.75. The number of halogens is 2. The molecule has 5 heteroatoms. The third kappa shape index (κ3) is 6.46. The van der Waals surface area contributed by atoms with Crippen LogP contribution in [0, 0.1) is 5.92 Å². The SMILES string of the molecule is COc1cc(Br)c(OCCNCCCC(C)C)cc1Br. The highest BCUT2D eigenvalue weighted by atomic mass is 79.9. The lowest BCUT2D eigenvalue weighted by atomic mass is 10.1. The first-order valence-electron chi connectivity index (χ1n) is 6.91. The Labute approximate surface area is 138 Å². The molecule has 0 saturated heterocycles. The predicted octanol–water partition coefficient (Wildman–Crippen LogP) is 4.62. The molecule has 0 aliphatic carbocycles. The molecule has 0 aliphatic rings. The molecule has 0 radical (unpaired) electrons. The van der Waals surface area contributed by atoms with Crippen LogP contribution in [0.5, 0.6) is 11.5 Å². The zero-order valence-corrected chi connectivity index (χ0v) is 15.5. The zero-order chi connectivity index (χ0) is 15.0. The molecule has 1 N–H and O–H groups in total. The first kappa shape index (κ1) is 17.8. The molecule has 0 aliphatic heterocycles. The van der Waals surface area contributed by atoms with E-state index in [0.717, 1.165) is 39.5 Å². The van der Waals surface area contributed by atoms with Gasteiger partial charge in [-0.05, 0) is 69.3 Å². The number of hydrogen-bond donors (Lipinski definition) is 1. The van der Waals surface area contributed by atoms with Gasteiger partial charge in [-0.25, -0.2) is 0 Å². The Hall–Kier alpha value is -0.260. The van der Waals surface area contributed by atoms with Gasteiger partial charge in [-0.15, -0.1) is 0 Å². The van der Waals surface area contributed by atoms with Crippen molar-refractivity contribution in [3.63, 3.8) is 0 Å². The maximum Gasteiger partial charge on any atom is 0.134 e. The van der Waals surface area contributed by atoms with Gasteiger partial charge in [-0.1, -0.05) is 13.8 Å². The summed E-state index contributed by atoms with van der Waals surface area (Å²) in [5, 5.41) is 3.39. The highest BCUT2D eigenvalue weighted by molar-refractivity contribution is 9.11. The Balaban J connectivity index is 2.27. The number of nitrogens with one attached hydrogen (secondary N) is 1. The van der Waals surface area contributed by atoms with Crippen molar-refractivity contribution in [2.24, 2.45) is 5.92 Å². The van der Waals surface area contributed by atoms with Crippen LogP contribution in [-0.4, -0.2) is 26.8 Å². The van der Waals surface area contributed by atoms with Crippen molar-refractivity contribution >= 4 is 31.9 Å². The second-order valence-corrected chi connectivity index (χ2v) is 6.76. The molecule has 0 atom stereocenters. The van der Waals surface area contributed by atoms with Gasteiger partial charge < -0.3 is 14.8 Å². The maximum atomic E-state index is 5.75. The van der Waals surface area contributed by atoms with Crippen LogP contribution in [0.2, 0.25) is 0 Å². The highest BCUT2D eigenvalue weighted by Crippen LogP contribution is 2.35. The molecule has 0 bridgehead atoms. The van der Waals surface area contributed by atoms with Crippen LogP contribution < -0.4 is 14.8 Å². The van der Waals surface area contributed by atoms with Crippen molar-refractivity contribution < 1.29 is 9.47 Å². The second kappa shape index (κ2) is 9.64. The number of ether oxygens (including phenoxy) is 2. The van der Waals surface area contributed by atoms with E-state index in [2.05, 4.69) is 51.0 Å². The lowest BCUT2D eigenvalue weighted by Gasteiger charge is -2.12. The minimum absolute atomic E-state index is 0.652. The highest BCUT2D eigenvalue weighted by Gasteiger charge is 2.07. The molecule has 1 rings (SSSR count). The molecule has 0 saturated carbocycles. The zero-order valence-electron chi connectivity index (χ0n) is 12.3. The van der Waals surface area contributed by atoms with Crippen molar-refractivity contribution in [3.05, 3.63) is 21.1 Å². The van der Waals surface area contributed by atoms with Gasteiger partial charge in [0.1, 0.15) is 18.1 Å². The van der Waals surface area contributed by atoms with Crippen molar-refractivity contribution in [2.45, 2.75) is 26.7 Å². The number of hydrogen-bond acceptors (Lipinski definition) is 3. The average molecular weight is 409 g/mol. The third-order valence-corrected chi connectivity index (χ3v) is 4.12. The summed E-state index contributed by atoms with van der Waals surface area (Å²) in [5.41, 5.74) is 0. The molecule has 0 unspecified atom stereocenters. The molecule has 0 heterocycles. The Morgan fingerprint density at radius 3 is 2.40 bits per heavy atom. The summed E-state index contributed by atoms with van der Waals surface area (Å²) in [6, 6.07) is 3.82. The summed E-state index contributed by atoms with van der Waals surface area (Å²) in [7, 11) is 1.65. The van der Waals surface area contributed by atoms with E-state index < -0.39 is 0 Å². The number of benzene rings is 1. The lowest BCUT2D eigenvalue weighted by molar-refractivity contribution is 0.310. The number of rotatable bonds is 9. The minimum atomic E-state index is 0.652. The van der Waals surface area contributed by atoms with Crippen molar-refractivity contribution in [1.29, 1.82) is 0 Å². The van der Waals surface area contributed by atoms with Crippen LogP contribution in [-0.2, 0) is 0 Å². The Kier molecular flexibility index (Phi) is 8.57. The standard InChI is InChI=1S/C15H23Br2NO2/c1-11(2)5-4-6-18-7-8-20-15-10-12(16)14(19-3)9-13(15)17/h9-11,18H,4-8H2,1-3H3. The Morgan fingerprint density at radius 2 is 1.75 bits per heavy atom. The Bertz CT molecular complexity index is 411. The topological polar surface area (TPSA) is 30.5 Å². The van der Waals surface area contributed by atoms with Crippen LogP contribution in [0.15, 0.2) is 21.1 Å². The molecule has 1 aromatic carbocycles. The minimum Gasteiger partial charge on any atom is -0.496 e. The fourth-order valence-corrected chi connectivity index (χ4v) is 2.69. The molecular weight excluding hydrogens is 386 g/mol. The molecule has 0 aromatic heterocycles. The van der Waals surface area contributed by atoms with Gasteiger partial charge in [0.15, 0.2) is 0 Å². The van der Waals surface area contributed by atoms with Crippen molar-refractivity contribution in [2.75, 3.05) is 26.8 Å². The first-order chi connectivity index (χ1) is 9.54. The van der Waals surface area contributed by atoms with E-state index in [1.54, 1.807) is 7.11 Å². The summed E-state index contributed by atoms with van der Waals surface area (Å²) >= 11 is 6.94. The molecule has 114 valence electrons. The van der Waals surface area contributed by atoms with E-state index >= 15 is 0 Å². The normalized spacial score (nSPS) is 10.9. The van der Waals surface area contributed by atoms with Crippen LogP contribution in [0.3, 0.4) is 0 Å². The van der Waals surface area contributed by atoms with E-state index in [4.69, 9.17) is 9.47 Å². The quantitative estimate of drug-likeness (QED) is 0.604. The summed E-state index contributed by atoms with van der Waals surface area (Å²) in [5.74, 6) is 2.39. The van der Waals surface area contributed by atoms with E-state index in [-0.39, 0.29) is 0 Å². The molecule has 20 heavy (non-hydrogen) atoms. The van der Waals surface area contributed by atoms with Gasteiger partial charge in [-0.2, -0.15) is 0 Å². The van der Waals surface area contributed by atoms with Crippen molar-refractivity contribution in [1.82, 2.24) is 5.32 Å². The van der Waals surface area contributed by atoms with Gasteiger partial charge in [-0.3, -0.25) is 0 Å². The molecular formula is C15H23Br2NO2. The number of methoxy groups -OCH3 is 1. The molecule has 0 spiro atoms. The third-order valence-electron chi connectivity index (χ3n) is 2.88. The van der Waals surface area contributed by atoms with Gasteiger partial charge in [0.2, 0.25) is 0 Å². The average Bonchev–Trinajstić information content (AvgIpc) is 2.40. The Morgan fingerprint density at radius 1 is 1.10 bits per heavy atom. The summed E-state index contributed by atoms with van der Waals surface area (Å²) in [6.07, 6.45) is 2.49. The van der Waals surface area contributed by atoms with E-state index in [9.17, 15) is 0 Å². The van der Waals surface area contributed by atoms with Crippen molar-refractivity contribution in [3.8, 4) is 11.5 Å². The largest absolute Gasteiger partial charge is 0.496 e. The summed E-state index contributed by atoms with van der Waals surface area (Å²) in [6.45, 7) is 7.06. The van der Waals surface area contributed by atoms with Crippen LogP contribution in [0.1, 0.15) is 26.7 Å². The first-order valence-corrected chi connectivity index (χ1v) is 8.49. The van der Waals surface area contributed by atoms with Gasteiger partial charge in [0.25, 0.3) is 0 Å². The fraction of sp³-hybridized carbons (Fsp3) is 0.600. The van der Waals surface area contributed by atoms with E-state index in [1.807, 2.05) is 12.1 Å². The summed E-state index contributed by atoms with van der Waals surface area (Å²) < 4.78 is 12.8. The predicted molar refractivity (Wildman–Crippen MR) is 90.8 cm³/mol. The van der Waals surface area contributed by atoms with Crippen LogP contribution >= 0.6 is 31.9 Å². The fourth-order valence-electron chi connectivity index (χ4n) is 1.77. The van der Waals surface area contributed by atoms with E-state index in [0.29, 0.717) is 6.61 Å². The smallest absolute Gasteiger partial charge is 0.134 e. The van der Waals surface area contributed by atoms with Crippen LogP contribution in [0.4, 0.5) is 0 Å². The van der Waals surface area contributed by atoms with E-state index in [1.165, 1.54) is 12.8 Å². The molecule has 0 fully saturated rings. The second-order valence-electron chi connectivity index (χ2n) is 5.05. The molecule has 1 aromatic rings. The molecule has 0 amide bonds. The van der Waals surface area contributed by atoms with Crippen LogP contribution in [0.25, 0.3) is 0 Å².